The van der Waals surface area contributed by atoms with Crippen LogP contribution in [0.1, 0.15) is 21.8 Å². The standard InChI is InChI=1S/C23H18N2O8S/c1-31-13-6-3-9(22(29)32-2)7-12(13)25-20(27)16-15-11-5-4-10(26)8-14(11)33-23(30)17(15)19(24)34-18(16)21(25)28/h3-8,15-16,18,26H,24H2,1-2H3. The molecule has 3 aliphatic rings. The van der Waals surface area contributed by atoms with Crippen LogP contribution in [0, 0.1) is 5.92 Å². The average Bonchev–Trinajstić information content (AvgIpc) is 3.06. The summed E-state index contributed by atoms with van der Waals surface area (Å²) in [5.74, 6) is -4.15. The minimum atomic E-state index is -0.970. The van der Waals surface area contributed by atoms with Crippen LogP contribution in [0.25, 0.3) is 0 Å². The number of ether oxygens (including phenoxy) is 3. The van der Waals surface area contributed by atoms with Crippen molar-refractivity contribution in [3.8, 4) is 17.2 Å². The van der Waals surface area contributed by atoms with Crippen molar-refractivity contribution in [1.82, 2.24) is 0 Å². The van der Waals surface area contributed by atoms with Crippen LogP contribution in [-0.4, -0.2) is 48.3 Å². The number of rotatable bonds is 3. The number of benzene rings is 2. The summed E-state index contributed by atoms with van der Waals surface area (Å²) in [6.45, 7) is 0. The summed E-state index contributed by atoms with van der Waals surface area (Å²) in [5.41, 5.74) is 6.95. The van der Waals surface area contributed by atoms with Crippen molar-refractivity contribution in [2.75, 3.05) is 19.1 Å². The SMILES string of the molecule is COC(=O)c1ccc(OC)c(N2C(=O)C3SC(N)=C4C(=O)Oc5cc(O)ccc5C4C3C2=O)c1. The number of phenolic OH excluding ortho intramolecular Hbond substituents is 1. The quantitative estimate of drug-likeness (QED) is 0.376. The molecule has 2 aromatic carbocycles. The molecule has 3 heterocycles. The second-order valence-electron chi connectivity index (χ2n) is 7.82. The number of hydrogen-bond acceptors (Lipinski definition) is 10. The number of nitrogens with two attached hydrogens (primary N) is 1. The molecular weight excluding hydrogens is 464 g/mol. The summed E-state index contributed by atoms with van der Waals surface area (Å²) >= 11 is 0.926. The molecule has 1 fully saturated rings. The van der Waals surface area contributed by atoms with Crippen LogP contribution in [0.3, 0.4) is 0 Å². The van der Waals surface area contributed by atoms with E-state index in [1.54, 1.807) is 6.07 Å². The topological polar surface area (TPSA) is 145 Å². The first-order valence-electron chi connectivity index (χ1n) is 10.1. The number of aromatic hydroxyl groups is 1. The van der Waals surface area contributed by atoms with E-state index >= 15 is 0 Å². The van der Waals surface area contributed by atoms with Crippen molar-refractivity contribution in [2.45, 2.75) is 11.2 Å². The fourth-order valence-electron chi connectivity index (χ4n) is 4.59. The highest BCUT2D eigenvalue weighted by Crippen LogP contribution is 2.55. The highest BCUT2D eigenvalue weighted by atomic mass is 32.2. The van der Waals surface area contributed by atoms with Gasteiger partial charge in [0.2, 0.25) is 11.8 Å². The highest BCUT2D eigenvalue weighted by Gasteiger charge is 2.59. The summed E-state index contributed by atoms with van der Waals surface area (Å²) in [6, 6.07) is 8.50. The number of phenols is 1. The molecule has 2 amide bonds. The molecule has 5 rings (SSSR count). The van der Waals surface area contributed by atoms with Gasteiger partial charge in [-0.25, -0.2) is 14.5 Å². The van der Waals surface area contributed by atoms with Gasteiger partial charge in [0.1, 0.15) is 22.5 Å². The molecule has 3 unspecified atom stereocenters. The van der Waals surface area contributed by atoms with Gasteiger partial charge in [-0.15, -0.1) is 0 Å². The van der Waals surface area contributed by atoms with Gasteiger partial charge in [-0.2, -0.15) is 0 Å². The Labute approximate surface area is 197 Å². The first-order valence-corrected chi connectivity index (χ1v) is 11.0. The molecule has 3 aliphatic heterocycles. The van der Waals surface area contributed by atoms with E-state index in [4.69, 9.17) is 19.9 Å². The van der Waals surface area contributed by atoms with Gasteiger partial charge in [-0.05, 0) is 24.3 Å². The number of fused-ring (bicyclic) bond motifs is 5. The van der Waals surface area contributed by atoms with Crippen LogP contribution in [0.4, 0.5) is 5.69 Å². The molecule has 1 saturated heterocycles. The molecule has 0 aromatic heterocycles. The molecule has 3 atom stereocenters. The van der Waals surface area contributed by atoms with E-state index < -0.39 is 40.8 Å². The number of carbonyl (C=O) groups is 4. The lowest BCUT2D eigenvalue weighted by Gasteiger charge is -2.36. The first-order chi connectivity index (χ1) is 16.3. The van der Waals surface area contributed by atoms with Crippen LogP contribution in [-0.2, 0) is 19.1 Å². The average molecular weight is 482 g/mol. The number of thioether (sulfide) groups is 1. The number of imide groups is 1. The van der Waals surface area contributed by atoms with Gasteiger partial charge in [0.25, 0.3) is 0 Å². The number of nitrogens with zero attached hydrogens (tertiary/aromatic N) is 1. The molecule has 0 radical (unpaired) electrons. The molecule has 0 aliphatic carbocycles. The second kappa shape index (κ2) is 7.80. The Hall–Kier alpha value is -3.99. The Kier molecular flexibility index (Phi) is 5.01. The smallest absolute Gasteiger partial charge is 0.342 e. The number of anilines is 1. The zero-order valence-electron chi connectivity index (χ0n) is 17.9. The van der Waals surface area contributed by atoms with E-state index in [9.17, 15) is 24.3 Å². The van der Waals surface area contributed by atoms with Crippen LogP contribution in [0.15, 0.2) is 47.0 Å². The fourth-order valence-corrected chi connectivity index (χ4v) is 5.83. The lowest BCUT2D eigenvalue weighted by Crippen LogP contribution is -2.39. The minimum absolute atomic E-state index is 0.0832. The maximum absolute atomic E-state index is 13.8. The zero-order valence-corrected chi connectivity index (χ0v) is 18.8. The Morgan fingerprint density at radius 1 is 1.12 bits per heavy atom. The molecule has 11 heteroatoms. The van der Waals surface area contributed by atoms with Crippen molar-refractivity contribution in [3.63, 3.8) is 0 Å². The summed E-state index contributed by atoms with van der Waals surface area (Å²) < 4.78 is 15.4. The van der Waals surface area contributed by atoms with Gasteiger partial charge in [0.05, 0.1) is 42.0 Å². The zero-order chi connectivity index (χ0) is 24.3. The van der Waals surface area contributed by atoms with Crippen LogP contribution < -0.4 is 20.1 Å². The molecule has 174 valence electrons. The summed E-state index contributed by atoms with van der Waals surface area (Å²) in [5, 5.41) is 9.01. The molecule has 2 aromatic rings. The van der Waals surface area contributed by atoms with Crippen molar-refractivity contribution in [1.29, 1.82) is 0 Å². The Morgan fingerprint density at radius 3 is 2.59 bits per heavy atom. The molecular formula is C23H18N2O8S. The highest BCUT2D eigenvalue weighted by molar-refractivity contribution is 8.04. The van der Waals surface area contributed by atoms with E-state index in [0.717, 1.165) is 16.7 Å². The monoisotopic (exact) mass is 482 g/mol. The van der Waals surface area contributed by atoms with Gasteiger partial charge in [-0.1, -0.05) is 17.8 Å². The molecule has 3 N–H and O–H groups in total. The van der Waals surface area contributed by atoms with Gasteiger partial charge in [0, 0.05) is 17.5 Å². The number of amides is 2. The number of carbonyl (C=O) groups excluding carboxylic acids is 4. The van der Waals surface area contributed by atoms with Gasteiger partial charge in [0.15, 0.2) is 0 Å². The van der Waals surface area contributed by atoms with Crippen LogP contribution >= 0.6 is 11.8 Å². The number of hydrogen-bond donors (Lipinski definition) is 2. The van der Waals surface area contributed by atoms with Gasteiger partial charge < -0.3 is 25.1 Å². The Bertz CT molecular complexity index is 1320. The predicted octanol–water partition coefficient (Wildman–Crippen LogP) is 1.67. The largest absolute Gasteiger partial charge is 0.508 e. The van der Waals surface area contributed by atoms with Crippen LogP contribution in [0.5, 0.6) is 17.2 Å². The molecule has 0 bridgehead atoms. The van der Waals surface area contributed by atoms with Crippen molar-refractivity contribution in [3.05, 3.63) is 58.1 Å². The Morgan fingerprint density at radius 2 is 1.88 bits per heavy atom. The third kappa shape index (κ3) is 3.04. The lowest BCUT2D eigenvalue weighted by molar-refractivity contribution is -0.131. The maximum Gasteiger partial charge on any atom is 0.342 e. The van der Waals surface area contributed by atoms with Crippen molar-refractivity contribution < 1.29 is 38.5 Å². The maximum atomic E-state index is 13.8. The van der Waals surface area contributed by atoms with E-state index in [-0.39, 0.29) is 39.1 Å². The van der Waals surface area contributed by atoms with Crippen LogP contribution in [0.2, 0.25) is 0 Å². The van der Waals surface area contributed by atoms with E-state index in [1.165, 1.54) is 44.6 Å². The number of methoxy groups -OCH3 is 2. The second-order valence-corrected chi connectivity index (χ2v) is 9.00. The molecule has 34 heavy (non-hydrogen) atoms. The van der Waals surface area contributed by atoms with Gasteiger partial charge in [-0.3, -0.25) is 9.59 Å². The third-order valence-electron chi connectivity index (χ3n) is 6.08. The van der Waals surface area contributed by atoms with E-state index in [1.807, 2.05) is 0 Å². The fraction of sp³-hybridized carbons (Fsp3) is 0.217. The molecule has 10 nitrogen and oxygen atoms in total. The summed E-state index contributed by atoms with van der Waals surface area (Å²) in [4.78, 5) is 53.1. The van der Waals surface area contributed by atoms with Crippen molar-refractivity contribution in [2.24, 2.45) is 11.7 Å². The van der Waals surface area contributed by atoms with Crippen molar-refractivity contribution >= 4 is 41.2 Å². The van der Waals surface area contributed by atoms with E-state index in [2.05, 4.69) is 0 Å². The molecule has 0 saturated carbocycles. The molecule has 0 spiro atoms. The lowest BCUT2D eigenvalue weighted by atomic mass is 9.77. The summed E-state index contributed by atoms with van der Waals surface area (Å²) in [7, 11) is 2.60. The van der Waals surface area contributed by atoms with Gasteiger partial charge >= 0.3 is 11.9 Å². The number of esters is 2. The summed E-state index contributed by atoms with van der Waals surface area (Å²) in [6.07, 6.45) is 0. The third-order valence-corrected chi connectivity index (χ3v) is 7.30. The Balaban J connectivity index is 1.65. The predicted molar refractivity (Wildman–Crippen MR) is 119 cm³/mol. The first kappa shape index (κ1) is 21.8. The normalized spacial score (nSPS) is 23.2. The minimum Gasteiger partial charge on any atom is -0.508 e. The van der Waals surface area contributed by atoms with E-state index in [0.29, 0.717) is 5.56 Å².